The van der Waals surface area contributed by atoms with Gasteiger partial charge in [0, 0.05) is 23.2 Å². The van der Waals surface area contributed by atoms with Crippen LogP contribution in [0.25, 0.3) is 10.1 Å². The van der Waals surface area contributed by atoms with Gasteiger partial charge >= 0.3 is 0 Å². The molecule has 0 aliphatic carbocycles. The molecule has 0 bridgehead atoms. The Hall–Kier alpha value is -1.96. The van der Waals surface area contributed by atoms with Crippen molar-refractivity contribution >= 4 is 36.3 Å². The summed E-state index contributed by atoms with van der Waals surface area (Å²) in [5, 5.41) is 1.81. The summed E-state index contributed by atoms with van der Waals surface area (Å²) >= 11 is 1.60. The number of halogens is 1. The summed E-state index contributed by atoms with van der Waals surface area (Å²) in [6.45, 7) is 2.99. The lowest BCUT2D eigenvalue weighted by Crippen LogP contribution is -2.35. The number of hydrogen-bond donors (Lipinski definition) is 0. The summed E-state index contributed by atoms with van der Waals surface area (Å²) < 4.78 is 45.3. The second-order valence-electron chi connectivity index (χ2n) is 6.24. The van der Waals surface area contributed by atoms with E-state index < -0.39 is 9.84 Å². The topological polar surface area (TPSA) is 46.6 Å². The second-order valence-corrected chi connectivity index (χ2v) is 9.26. The monoisotopic (exact) mass is 391 g/mol. The van der Waals surface area contributed by atoms with Gasteiger partial charge in [-0.2, -0.15) is 0 Å². The number of nitrogens with zero attached hydrogens (tertiary/aromatic N) is 1. The summed E-state index contributed by atoms with van der Waals surface area (Å²) in [6.07, 6.45) is 0. The van der Waals surface area contributed by atoms with Gasteiger partial charge in [0.2, 0.25) is 0 Å². The third kappa shape index (κ3) is 3.47. The minimum atomic E-state index is -3.53. The van der Waals surface area contributed by atoms with Crippen LogP contribution in [-0.4, -0.2) is 34.7 Å². The third-order valence-electron chi connectivity index (χ3n) is 4.44. The van der Waals surface area contributed by atoms with Gasteiger partial charge in [0.1, 0.15) is 5.82 Å². The van der Waals surface area contributed by atoms with Gasteiger partial charge in [-0.05, 0) is 35.9 Å². The van der Waals surface area contributed by atoms with Crippen LogP contribution in [0, 0.1) is 5.82 Å². The van der Waals surface area contributed by atoms with E-state index in [4.69, 9.17) is 4.74 Å². The fraction of sp³-hybridized carbons (Fsp3) is 0.263. The van der Waals surface area contributed by atoms with Gasteiger partial charge < -0.3 is 9.64 Å². The Morgan fingerprint density at radius 2 is 1.81 bits per heavy atom. The number of fused-ring (bicyclic) bond motifs is 1. The summed E-state index contributed by atoms with van der Waals surface area (Å²) in [4.78, 5) is 2.56. The first kappa shape index (κ1) is 17.5. The van der Waals surface area contributed by atoms with Crippen LogP contribution >= 0.6 is 11.3 Å². The fourth-order valence-electron chi connectivity index (χ4n) is 3.11. The fourth-order valence-corrected chi connectivity index (χ4v) is 5.89. The number of benzene rings is 2. The van der Waals surface area contributed by atoms with E-state index in [2.05, 4.69) is 4.90 Å². The van der Waals surface area contributed by atoms with Crippen molar-refractivity contribution in [2.75, 3.05) is 31.2 Å². The van der Waals surface area contributed by atoms with E-state index in [0.717, 1.165) is 28.2 Å². The zero-order valence-corrected chi connectivity index (χ0v) is 15.7. The zero-order valence-electron chi connectivity index (χ0n) is 14.0. The largest absolute Gasteiger partial charge is 0.378 e. The van der Waals surface area contributed by atoms with Crippen molar-refractivity contribution in [1.29, 1.82) is 0 Å². The molecule has 7 heteroatoms. The van der Waals surface area contributed by atoms with Crippen LogP contribution in [0.4, 0.5) is 9.39 Å². The minimum Gasteiger partial charge on any atom is -0.378 e. The Morgan fingerprint density at radius 3 is 2.54 bits per heavy atom. The van der Waals surface area contributed by atoms with Crippen molar-refractivity contribution in [1.82, 2.24) is 0 Å². The molecule has 1 aliphatic heterocycles. The molecule has 0 amide bonds. The predicted molar refractivity (Wildman–Crippen MR) is 102 cm³/mol. The van der Waals surface area contributed by atoms with E-state index in [1.165, 1.54) is 24.3 Å². The van der Waals surface area contributed by atoms with E-state index in [1.807, 2.05) is 12.1 Å². The lowest BCUT2D eigenvalue weighted by atomic mass is 10.2. The number of thiophene rings is 1. The van der Waals surface area contributed by atoms with Crippen LogP contribution in [0.15, 0.2) is 53.4 Å². The molecule has 0 radical (unpaired) electrons. The van der Waals surface area contributed by atoms with Crippen LogP contribution in [0.1, 0.15) is 5.56 Å². The Morgan fingerprint density at radius 1 is 1.08 bits per heavy atom. The molecule has 1 aromatic heterocycles. The third-order valence-corrected chi connectivity index (χ3v) is 7.34. The molecule has 2 heterocycles. The molecule has 26 heavy (non-hydrogen) atoms. The van der Waals surface area contributed by atoms with Gasteiger partial charge in [0.05, 0.1) is 28.9 Å². The average Bonchev–Trinajstić information content (AvgIpc) is 3.08. The quantitative estimate of drug-likeness (QED) is 0.678. The molecule has 3 aromatic rings. The van der Waals surface area contributed by atoms with Gasteiger partial charge in [0.25, 0.3) is 0 Å². The first-order chi connectivity index (χ1) is 12.5. The molecule has 0 atom stereocenters. The van der Waals surface area contributed by atoms with Crippen molar-refractivity contribution in [3.05, 3.63) is 59.9 Å². The smallest absolute Gasteiger partial charge is 0.183 e. The van der Waals surface area contributed by atoms with Gasteiger partial charge in [-0.1, -0.05) is 18.2 Å². The second kappa shape index (κ2) is 6.98. The maximum atomic E-state index is 13.1. The molecule has 0 unspecified atom stereocenters. The summed E-state index contributed by atoms with van der Waals surface area (Å²) in [6, 6.07) is 12.9. The van der Waals surface area contributed by atoms with E-state index >= 15 is 0 Å². The molecule has 2 aromatic carbocycles. The Balaban J connectivity index is 1.70. The van der Waals surface area contributed by atoms with Gasteiger partial charge in [-0.15, -0.1) is 11.3 Å². The van der Waals surface area contributed by atoms with Gasteiger partial charge in [-0.25, -0.2) is 12.8 Å². The van der Waals surface area contributed by atoms with Crippen molar-refractivity contribution in [2.45, 2.75) is 10.6 Å². The minimum absolute atomic E-state index is 0.144. The molecule has 1 aliphatic rings. The van der Waals surface area contributed by atoms with Crippen molar-refractivity contribution < 1.29 is 17.5 Å². The van der Waals surface area contributed by atoms with Crippen LogP contribution in [-0.2, 0) is 20.3 Å². The van der Waals surface area contributed by atoms with E-state index in [9.17, 15) is 12.8 Å². The highest BCUT2D eigenvalue weighted by molar-refractivity contribution is 7.91. The molecule has 0 saturated carbocycles. The number of morpholine rings is 1. The molecule has 1 saturated heterocycles. The zero-order chi connectivity index (χ0) is 18.1. The highest BCUT2D eigenvalue weighted by Gasteiger charge is 2.21. The number of sulfone groups is 1. The van der Waals surface area contributed by atoms with Crippen LogP contribution in [0.5, 0.6) is 0 Å². The number of anilines is 1. The Bertz CT molecular complexity index is 1020. The number of ether oxygens (including phenoxy) is 1. The molecule has 4 rings (SSSR count). The van der Waals surface area contributed by atoms with Crippen molar-refractivity contribution in [2.24, 2.45) is 0 Å². The lowest BCUT2D eigenvalue weighted by molar-refractivity contribution is 0.123. The molecular weight excluding hydrogens is 373 g/mol. The molecule has 1 fully saturated rings. The normalized spacial score (nSPS) is 15.5. The highest BCUT2D eigenvalue weighted by atomic mass is 32.2. The summed E-state index contributed by atoms with van der Waals surface area (Å²) in [5.74, 6) is -0.518. The molecular formula is C19H18FNO3S2. The van der Waals surface area contributed by atoms with E-state index in [1.54, 1.807) is 23.5 Å². The maximum Gasteiger partial charge on any atom is 0.183 e. The van der Waals surface area contributed by atoms with E-state index in [-0.39, 0.29) is 11.6 Å². The highest BCUT2D eigenvalue weighted by Crippen LogP contribution is 2.37. The van der Waals surface area contributed by atoms with Crippen LogP contribution in [0.3, 0.4) is 0 Å². The SMILES string of the molecule is O=S(=O)(Cc1ccc(F)cc1)c1cccc2sc(N3CCOCC3)cc12. The average molecular weight is 391 g/mol. The van der Waals surface area contributed by atoms with Gasteiger partial charge in [-0.3, -0.25) is 0 Å². The molecule has 0 N–H and O–H groups in total. The standard InChI is InChI=1S/C19H18FNO3S2/c20-15-6-4-14(5-7-15)13-26(22,23)18-3-1-2-17-16(18)12-19(25-17)21-8-10-24-11-9-21/h1-7,12H,8-11,13H2. The van der Waals surface area contributed by atoms with Crippen LogP contribution < -0.4 is 4.90 Å². The summed E-state index contributed by atoms with van der Waals surface area (Å²) in [7, 11) is -3.53. The summed E-state index contributed by atoms with van der Waals surface area (Å²) in [5.41, 5.74) is 0.576. The first-order valence-electron chi connectivity index (χ1n) is 8.35. The Kier molecular flexibility index (Phi) is 4.69. The molecule has 136 valence electrons. The van der Waals surface area contributed by atoms with Crippen LogP contribution in [0.2, 0.25) is 0 Å². The molecule has 0 spiro atoms. The molecule has 4 nitrogen and oxygen atoms in total. The lowest BCUT2D eigenvalue weighted by Gasteiger charge is -2.27. The predicted octanol–water partition coefficient (Wildman–Crippen LogP) is 3.85. The Labute approximate surface area is 155 Å². The first-order valence-corrected chi connectivity index (χ1v) is 10.8. The van der Waals surface area contributed by atoms with Gasteiger partial charge in [0.15, 0.2) is 9.84 Å². The maximum absolute atomic E-state index is 13.1. The number of rotatable bonds is 4. The van der Waals surface area contributed by atoms with E-state index in [0.29, 0.717) is 23.7 Å². The number of hydrogen-bond acceptors (Lipinski definition) is 5. The van der Waals surface area contributed by atoms with Crippen molar-refractivity contribution in [3.63, 3.8) is 0 Å². The van der Waals surface area contributed by atoms with Crippen molar-refractivity contribution in [3.8, 4) is 0 Å².